The maximum atomic E-state index is 13.5. The Morgan fingerprint density at radius 3 is 2.28 bits per heavy atom. The van der Waals surface area contributed by atoms with E-state index in [1.165, 1.54) is 4.90 Å². The summed E-state index contributed by atoms with van der Waals surface area (Å²) in [6.07, 6.45) is 0.795. The van der Waals surface area contributed by atoms with E-state index in [2.05, 4.69) is 0 Å². The summed E-state index contributed by atoms with van der Waals surface area (Å²) in [5.74, 6) is 0.00656. The van der Waals surface area contributed by atoms with Crippen molar-refractivity contribution in [2.75, 3.05) is 31.6 Å². The van der Waals surface area contributed by atoms with Gasteiger partial charge in [-0.2, -0.15) is 0 Å². The highest BCUT2D eigenvalue weighted by Crippen LogP contribution is 2.47. The van der Waals surface area contributed by atoms with Gasteiger partial charge in [0, 0.05) is 37.7 Å². The lowest BCUT2D eigenvalue weighted by Crippen LogP contribution is -2.57. The van der Waals surface area contributed by atoms with E-state index >= 15 is 0 Å². The van der Waals surface area contributed by atoms with Crippen molar-refractivity contribution in [3.8, 4) is 11.1 Å². The maximum absolute atomic E-state index is 13.5. The number of piperazine rings is 1. The Morgan fingerprint density at radius 1 is 0.861 bits per heavy atom. The Bertz CT molecular complexity index is 1310. The normalized spacial score (nSPS) is 23.0. The molecule has 0 N–H and O–H groups in total. The molecule has 7 nitrogen and oxygen atoms in total. The van der Waals surface area contributed by atoms with E-state index in [0.717, 1.165) is 28.8 Å². The average molecular weight is 481 g/mol. The average Bonchev–Trinajstić information content (AvgIpc) is 3.68. The fourth-order valence-corrected chi connectivity index (χ4v) is 5.56. The van der Waals surface area contributed by atoms with Gasteiger partial charge in [0.1, 0.15) is 6.04 Å². The summed E-state index contributed by atoms with van der Waals surface area (Å²) in [5.41, 5.74) is 3.95. The molecule has 3 fully saturated rings. The zero-order chi connectivity index (χ0) is 24.8. The molecule has 0 bridgehead atoms. The van der Waals surface area contributed by atoms with Crippen molar-refractivity contribution in [3.63, 3.8) is 0 Å². The summed E-state index contributed by atoms with van der Waals surface area (Å²) in [6.45, 7) is 0.960. The highest BCUT2D eigenvalue weighted by atomic mass is 16.2. The molecule has 3 aromatic carbocycles. The first-order chi connectivity index (χ1) is 17.5. The van der Waals surface area contributed by atoms with Crippen LogP contribution in [-0.4, -0.2) is 71.4 Å². The lowest BCUT2D eigenvalue weighted by Gasteiger charge is -2.37. The molecule has 0 radical (unpaired) electrons. The predicted molar refractivity (Wildman–Crippen MR) is 138 cm³/mol. The lowest BCUT2D eigenvalue weighted by molar-refractivity contribution is -0.129. The third-order valence-electron chi connectivity index (χ3n) is 7.58. The van der Waals surface area contributed by atoms with Crippen LogP contribution in [0.1, 0.15) is 17.9 Å². The molecule has 36 heavy (non-hydrogen) atoms. The first kappa shape index (κ1) is 22.3. The van der Waals surface area contributed by atoms with Gasteiger partial charge in [0.05, 0.1) is 12.2 Å². The Hall–Kier alpha value is -4.13. The van der Waals surface area contributed by atoms with Crippen molar-refractivity contribution >= 4 is 23.7 Å². The molecular formula is C29H28N4O3. The second-order valence-electron chi connectivity index (χ2n) is 9.69. The molecular weight excluding hydrogens is 452 g/mol. The molecule has 2 saturated heterocycles. The first-order valence-electron chi connectivity index (χ1n) is 12.4. The fourth-order valence-electron chi connectivity index (χ4n) is 5.56. The van der Waals surface area contributed by atoms with Crippen LogP contribution < -0.4 is 4.90 Å². The smallest absolute Gasteiger partial charge is 0.320 e. The number of rotatable bonds is 4. The lowest BCUT2D eigenvalue weighted by atomic mass is 10.0. The number of imide groups is 1. The number of fused-ring (bicyclic) bond motifs is 1. The molecule has 182 valence electrons. The third kappa shape index (κ3) is 3.71. The summed E-state index contributed by atoms with van der Waals surface area (Å²) in [7, 11) is 1.76. The van der Waals surface area contributed by atoms with Crippen LogP contribution in [0.3, 0.4) is 0 Å². The highest BCUT2D eigenvalue weighted by Gasteiger charge is 2.56. The van der Waals surface area contributed by atoms with Crippen LogP contribution in [0, 0.1) is 0 Å². The van der Waals surface area contributed by atoms with Gasteiger partial charge < -0.3 is 9.80 Å². The Morgan fingerprint density at radius 2 is 1.53 bits per heavy atom. The number of para-hydroxylation sites is 1. The number of carbonyl (C=O) groups is 3. The summed E-state index contributed by atoms with van der Waals surface area (Å²) >= 11 is 0. The standard InChI is InChI=1S/C29H28N4O3/c1-30(24-15-9-8-14-22(24)20-10-4-2-5-11-20)28(35)31-16-17-32-26(19-31)27(34)33(29(32)36)25-18-23(25)21-12-6-3-7-13-21/h2-15,23,25-26H,16-19H2,1H3/t23-,25+,26?/m1/s1. The van der Waals surface area contributed by atoms with Crippen LogP contribution in [0.15, 0.2) is 84.9 Å². The van der Waals surface area contributed by atoms with Gasteiger partial charge in [0.2, 0.25) is 0 Å². The Kier molecular flexibility index (Phi) is 5.48. The second kappa shape index (κ2) is 8.82. The number of amides is 5. The summed E-state index contributed by atoms with van der Waals surface area (Å²) < 4.78 is 0. The minimum atomic E-state index is -0.620. The van der Waals surface area contributed by atoms with Gasteiger partial charge in [-0.05, 0) is 23.6 Å². The molecule has 3 aliphatic rings. The van der Waals surface area contributed by atoms with E-state index in [0.29, 0.717) is 13.1 Å². The molecule has 0 spiro atoms. The molecule has 3 atom stereocenters. The van der Waals surface area contributed by atoms with Crippen molar-refractivity contribution in [3.05, 3.63) is 90.5 Å². The topological polar surface area (TPSA) is 64.2 Å². The second-order valence-corrected chi connectivity index (χ2v) is 9.69. The zero-order valence-electron chi connectivity index (χ0n) is 20.2. The van der Waals surface area contributed by atoms with E-state index < -0.39 is 6.04 Å². The van der Waals surface area contributed by atoms with Crippen LogP contribution in [0.2, 0.25) is 0 Å². The molecule has 0 aromatic heterocycles. The predicted octanol–water partition coefficient (Wildman–Crippen LogP) is 4.41. The fraction of sp³-hybridized carbons (Fsp3) is 0.276. The van der Waals surface area contributed by atoms with Crippen LogP contribution in [-0.2, 0) is 4.79 Å². The van der Waals surface area contributed by atoms with E-state index in [1.54, 1.807) is 21.7 Å². The first-order valence-corrected chi connectivity index (χ1v) is 12.4. The van der Waals surface area contributed by atoms with Gasteiger partial charge in [0.25, 0.3) is 5.91 Å². The van der Waals surface area contributed by atoms with Gasteiger partial charge in [-0.3, -0.25) is 14.6 Å². The Balaban J connectivity index is 1.18. The van der Waals surface area contributed by atoms with E-state index in [9.17, 15) is 14.4 Å². The van der Waals surface area contributed by atoms with Crippen LogP contribution >= 0.6 is 0 Å². The molecule has 7 heteroatoms. The number of benzene rings is 3. The highest BCUT2D eigenvalue weighted by molar-refractivity contribution is 6.06. The van der Waals surface area contributed by atoms with Gasteiger partial charge in [0.15, 0.2) is 0 Å². The molecule has 3 aromatic rings. The summed E-state index contributed by atoms with van der Waals surface area (Å²) in [4.78, 5) is 46.5. The number of urea groups is 2. The van der Waals surface area contributed by atoms with Crippen LogP contribution in [0.5, 0.6) is 0 Å². The zero-order valence-corrected chi connectivity index (χ0v) is 20.2. The minimum Gasteiger partial charge on any atom is -0.320 e. The Labute approximate surface area is 210 Å². The van der Waals surface area contributed by atoms with Crippen molar-refractivity contribution in [1.29, 1.82) is 0 Å². The molecule has 1 saturated carbocycles. The molecule has 5 amide bonds. The van der Waals surface area contributed by atoms with Gasteiger partial charge in [-0.25, -0.2) is 9.59 Å². The summed E-state index contributed by atoms with van der Waals surface area (Å²) in [6, 6.07) is 26.7. The van der Waals surface area contributed by atoms with Crippen molar-refractivity contribution in [1.82, 2.24) is 14.7 Å². The quantitative estimate of drug-likeness (QED) is 0.520. The molecule has 6 rings (SSSR count). The number of hydrogen-bond acceptors (Lipinski definition) is 3. The number of carbonyl (C=O) groups excluding carboxylic acids is 3. The summed E-state index contributed by atoms with van der Waals surface area (Å²) in [5, 5.41) is 0. The van der Waals surface area contributed by atoms with Crippen molar-refractivity contribution < 1.29 is 14.4 Å². The van der Waals surface area contributed by atoms with Crippen molar-refractivity contribution in [2.45, 2.75) is 24.4 Å². The number of nitrogens with zero attached hydrogens (tertiary/aromatic N) is 4. The molecule has 2 aliphatic heterocycles. The maximum Gasteiger partial charge on any atom is 0.327 e. The van der Waals surface area contributed by atoms with Crippen LogP contribution in [0.4, 0.5) is 15.3 Å². The van der Waals surface area contributed by atoms with Crippen LogP contribution in [0.25, 0.3) is 11.1 Å². The van der Waals surface area contributed by atoms with Gasteiger partial charge in [-0.1, -0.05) is 78.9 Å². The van der Waals surface area contributed by atoms with Crippen molar-refractivity contribution in [2.24, 2.45) is 0 Å². The molecule has 2 heterocycles. The largest absolute Gasteiger partial charge is 0.327 e. The van der Waals surface area contributed by atoms with E-state index in [-0.39, 0.29) is 36.5 Å². The minimum absolute atomic E-state index is 0.0948. The third-order valence-corrected chi connectivity index (χ3v) is 7.58. The van der Waals surface area contributed by atoms with Gasteiger partial charge >= 0.3 is 12.1 Å². The number of anilines is 1. The molecule has 1 aliphatic carbocycles. The van der Waals surface area contributed by atoms with E-state index in [1.807, 2.05) is 84.9 Å². The number of hydrogen-bond donors (Lipinski definition) is 0. The van der Waals surface area contributed by atoms with E-state index in [4.69, 9.17) is 0 Å². The SMILES string of the molecule is CN(C(=O)N1CCN2C(=O)N([C@H]3C[C@@H]3c3ccccc3)C(=O)C2C1)c1ccccc1-c1ccccc1. The molecule has 1 unspecified atom stereocenters. The van der Waals surface area contributed by atoms with Gasteiger partial charge in [-0.15, -0.1) is 0 Å². The monoisotopic (exact) mass is 480 g/mol.